The summed E-state index contributed by atoms with van der Waals surface area (Å²) in [4.78, 5) is 0. The van der Waals surface area contributed by atoms with Crippen LogP contribution in [0.2, 0.25) is 0 Å². The number of unbranched alkanes of at least 4 members (excludes halogenated alkanes) is 4. The van der Waals surface area contributed by atoms with Crippen LogP contribution >= 0.6 is 0 Å². The van der Waals surface area contributed by atoms with Crippen LogP contribution in [0.3, 0.4) is 0 Å². The van der Waals surface area contributed by atoms with E-state index in [1.165, 1.54) is 76.6 Å². The summed E-state index contributed by atoms with van der Waals surface area (Å²) < 4.78 is 0. The third-order valence-electron chi connectivity index (χ3n) is 7.91. The predicted octanol–water partition coefficient (Wildman–Crippen LogP) is 9.73. The summed E-state index contributed by atoms with van der Waals surface area (Å²) in [6.07, 6.45) is 8.55. The van der Waals surface area contributed by atoms with Crippen molar-refractivity contribution in [2.24, 2.45) is 0 Å². The lowest BCUT2D eigenvalue weighted by Crippen LogP contribution is -1.94. The van der Waals surface area contributed by atoms with E-state index in [-0.39, 0.29) is 0 Å². The van der Waals surface area contributed by atoms with Gasteiger partial charge >= 0.3 is 0 Å². The van der Waals surface area contributed by atoms with Crippen LogP contribution < -0.4 is 0 Å². The van der Waals surface area contributed by atoms with E-state index < -0.39 is 0 Å². The van der Waals surface area contributed by atoms with Crippen LogP contribution in [0.25, 0.3) is 22.3 Å². The number of hydrogen-bond donors (Lipinski definition) is 0. The molecule has 0 aliphatic heterocycles. The van der Waals surface area contributed by atoms with Crippen molar-refractivity contribution in [3.8, 4) is 34.4 Å². The first-order valence-electron chi connectivity index (χ1n) is 14.1. The first-order valence-corrected chi connectivity index (χ1v) is 14.1. The third-order valence-corrected chi connectivity index (χ3v) is 7.91. The van der Waals surface area contributed by atoms with Gasteiger partial charge in [0.1, 0.15) is 0 Å². The molecule has 0 spiro atoms. The smallest absolute Gasteiger partial charge is 0.0991 e. The number of benzene rings is 4. The quantitative estimate of drug-likeness (QED) is 0.199. The maximum atomic E-state index is 9.13. The Bertz CT molecular complexity index is 1430. The average Bonchev–Trinajstić information content (AvgIpc) is 2.93. The lowest BCUT2D eigenvalue weighted by atomic mass is 9.93. The number of hydrogen-bond acceptors (Lipinski definition) is 2. The maximum absolute atomic E-state index is 9.13. The SMILES string of the molecule is Cc1cc(-c2ccc(C#N)cc2C)ccc1CCCCCCCc1ccc(-c2ccc(C#N)cc2C)cc1C. The van der Waals surface area contributed by atoms with Crippen LogP contribution in [0.5, 0.6) is 0 Å². The number of rotatable bonds is 10. The number of aryl methyl sites for hydroxylation is 6. The molecule has 0 saturated carbocycles. The number of nitriles is 2. The average molecular weight is 511 g/mol. The summed E-state index contributed by atoms with van der Waals surface area (Å²) in [6, 6.07) is 29.9. The summed E-state index contributed by atoms with van der Waals surface area (Å²) in [7, 11) is 0. The summed E-state index contributed by atoms with van der Waals surface area (Å²) in [5.41, 5.74) is 14.2. The Morgan fingerprint density at radius 2 is 0.872 bits per heavy atom. The highest BCUT2D eigenvalue weighted by atomic mass is 14.2. The zero-order valence-electron chi connectivity index (χ0n) is 23.8. The van der Waals surface area contributed by atoms with Gasteiger partial charge in [-0.1, -0.05) is 67.8 Å². The highest BCUT2D eigenvalue weighted by Gasteiger charge is 2.08. The van der Waals surface area contributed by atoms with Gasteiger partial charge in [-0.3, -0.25) is 0 Å². The molecule has 0 amide bonds. The van der Waals surface area contributed by atoms with E-state index in [4.69, 9.17) is 10.5 Å². The van der Waals surface area contributed by atoms with Crippen molar-refractivity contribution in [3.05, 3.63) is 117 Å². The second-order valence-corrected chi connectivity index (χ2v) is 10.8. The molecule has 2 heteroatoms. The van der Waals surface area contributed by atoms with Gasteiger partial charge in [0.15, 0.2) is 0 Å². The molecular formula is C37H38N2. The minimum absolute atomic E-state index is 0.715. The van der Waals surface area contributed by atoms with Gasteiger partial charge in [-0.15, -0.1) is 0 Å². The molecule has 4 aromatic carbocycles. The molecule has 4 aromatic rings. The van der Waals surface area contributed by atoms with Crippen molar-refractivity contribution < 1.29 is 0 Å². The third kappa shape index (κ3) is 7.04. The first-order chi connectivity index (χ1) is 18.9. The molecule has 0 atom stereocenters. The second kappa shape index (κ2) is 13.1. The molecule has 0 aliphatic carbocycles. The van der Waals surface area contributed by atoms with Crippen LogP contribution in [-0.4, -0.2) is 0 Å². The van der Waals surface area contributed by atoms with E-state index in [1.807, 2.05) is 24.3 Å². The number of nitrogens with zero attached hydrogens (tertiary/aromatic N) is 2. The van der Waals surface area contributed by atoms with Crippen LogP contribution in [0.15, 0.2) is 72.8 Å². The van der Waals surface area contributed by atoms with Crippen molar-refractivity contribution in [3.63, 3.8) is 0 Å². The molecule has 0 N–H and O–H groups in total. The Balaban J connectivity index is 1.21. The van der Waals surface area contributed by atoms with Gasteiger partial charge in [0.2, 0.25) is 0 Å². The van der Waals surface area contributed by atoms with Crippen molar-refractivity contribution in [1.82, 2.24) is 0 Å². The van der Waals surface area contributed by atoms with Gasteiger partial charge in [-0.2, -0.15) is 10.5 Å². The Labute approximate surface area is 234 Å². The Kier molecular flexibility index (Phi) is 9.35. The van der Waals surface area contributed by atoms with E-state index >= 15 is 0 Å². The van der Waals surface area contributed by atoms with Crippen LogP contribution in [-0.2, 0) is 12.8 Å². The molecule has 39 heavy (non-hydrogen) atoms. The van der Waals surface area contributed by atoms with Crippen LogP contribution in [0.4, 0.5) is 0 Å². The molecule has 0 saturated heterocycles. The predicted molar refractivity (Wildman–Crippen MR) is 163 cm³/mol. The topological polar surface area (TPSA) is 47.6 Å². The standard InChI is InChI=1S/C37H38N2/c1-26-22-34(36-18-12-30(24-38)20-28(36)3)16-14-32(26)10-8-6-5-7-9-11-33-15-17-35(23-27(33)2)37-19-13-31(25-39)21-29(37)4/h12-23H,5-11H2,1-4H3. The normalized spacial score (nSPS) is 10.7. The van der Waals surface area contributed by atoms with Gasteiger partial charge < -0.3 is 0 Å². The van der Waals surface area contributed by atoms with Crippen molar-refractivity contribution in [2.75, 3.05) is 0 Å². The lowest BCUT2D eigenvalue weighted by molar-refractivity contribution is 0.612. The van der Waals surface area contributed by atoms with E-state index in [1.54, 1.807) is 0 Å². The Hall–Kier alpha value is -4.14. The van der Waals surface area contributed by atoms with Crippen LogP contribution in [0, 0.1) is 50.4 Å². The lowest BCUT2D eigenvalue weighted by Gasteiger charge is -2.12. The zero-order valence-corrected chi connectivity index (χ0v) is 23.8. The van der Waals surface area contributed by atoms with Crippen molar-refractivity contribution >= 4 is 0 Å². The molecule has 2 nitrogen and oxygen atoms in total. The molecule has 0 fully saturated rings. The Morgan fingerprint density at radius 3 is 1.23 bits per heavy atom. The fourth-order valence-corrected chi connectivity index (χ4v) is 5.56. The molecule has 0 bridgehead atoms. The van der Waals surface area contributed by atoms with E-state index in [2.05, 4.69) is 88.4 Å². The van der Waals surface area contributed by atoms with Gasteiger partial charge in [-0.05, 0) is 133 Å². The largest absolute Gasteiger partial charge is 0.192 e. The second-order valence-electron chi connectivity index (χ2n) is 10.8. The minimum atomic E-state index is 0.715. The summed E-state index contributed by atoms with van der Waals surface area (Å²) in [5, 5.41) is 18.3. The molecule has 0 unspecified atom stereocenters. The summed E-state index contributed by atoms with van der Waals surface area (Å²) >= 11 is 0. The molecule has 0 aromatic heterocycles. The molecule has 196 valence electrons. The molecular weight excluding hydrogens is 472 g/mol. The van der Waals surface area contributed by atoms with Crippen LogP contribution in [0.1, 0.15) is 76.6 Å². The molecule has 0 aliphatic rings. The monoisotopic (exact) mass is 510 g/mol. The van der Waals surface area contributed by atoms with Gasteiger partial charge in [0.25, 0.3) is 0 Å². The molecule has 0 heterocycles. The van der Waals surface area contributed by atoms with E-state index in [0.29, 0.717) is 11.1 Å². The molecule has 0 radical (unpaired) electrons. The van der Waals surface area contributed by atoms with Gasteiger partial charge in [0, 0.05) is 0 Å². The fraction of sp³-hybridized carbons (Fsp3) is 0.297. The van der Waals surface area contributed by atoms with E-state index in [0.717, 1.165) is 24.0 Å². The fourth-order valence-electron chi connectivity index (χ4n) is 5.56. The van der Waals surface area contributed by atoms with E-state index in [9.17, 15) is 0 Å². The highest BCUT2D eigenvalue weighted by molar-refractivity contribution is 5.70. The Morgan fingerprint density at radius 1 is 0.462 bits per heavy atom. The zero-order chi connectivity index (χ0) is 27.8. The molecule has 4 rings (SSSR count). The summed E-state index contributed by atoms with van der Waals surface area (Å²) in [5.74, 6) is 0. The summed E-state index contributed by atoms with van der Waals surface area (Å²) in [6.45, 7) is 8.59. The highest BCUT2D eigenvalue weighted by Crippen LogP contribution is 2.28. The maximum Gasteiger partial charge on any atom is 0.0991 e. The van der Waals surface area contributed by atoms with Gasteiger partial charge in [-0.25, -0.2) is 0 Å². The minimum Gasteiger partial charge on any atom is -0.192 e. The van der Waals surface area contributed by atoms with Crippen molar-refractivity contribution in [1.29, 1.82) is 10.5 Å². The van der Waals surface area contributed by atoms with Crippen molar-refractivity contribution in [2.45, 2.75) is 72.6 Å². The first kappa shape index (κ1) is 27.9. The van der Waals surface area contributed by atoms with Gasteiger partial charge in [0.05, 0.1) is 23.3 Å².